The molecular weight excluding hydrogens is 593 g/mol. The lowest BCUT2D eigenvalue weighted by Crippen LogP contribution is -2.43. The minimum Gasteiger partial charge on any atom is -0.467 e. The zero-order chi connectivity index (χ0) is 32.5. The molecule has 0 unspecified atom stereocenters. The Morgan fingerprint density at radius 2 is 1.70 bits per heavy atom. The smallest absolute Gasteiger partial charge is 0.408 e. The molecule has 2 aromatic heterocycles. The zero-order valence-corrected chi connectivity index (χ0v) is 23.8. The number of carbonyl (C=O) groups excluding carboxylic acids is 2. The van der Waals surface area contributed by atoms with Crippen LogP contribution in [-0.4, -0.2) is 51.4 Å². The highest BCUT2D eigenvalue weighted by molar-refractivity contribution is 5.98. The number of carbonyl (C=O) groups is 2. The van der Waals surface area contributed by atoms with Gasteiger partial charge in [0.2, 0.25) is 0 Å². The summed E-state index contributed by atoms with van der Waals surface area (Å²) in [5, 5.41) is 4.62. The summed E-state index contributed by atoms with van der Waals surface area (Å²) in [7, 11) is 3.86. The van der Waals surface area contributed by atoms with Crippen LogP contribution >= 0.6 is 0 Å². The minimum absolute atomic E-state index is 0.177. The highest BCUT2D eigenvalue weighted by Gasteiger charge is 2.36. The van der Waals surface area contributed by atoms with Gasteiger partial charge in [-0.1, -0.05) is 18.2 Å². The molecule has 0 fully saturated rings. The number of amides is 1. The number of pyridine rings is 1. The molecule has 0 aliphatic carbocycles. The van der Waals surface area contributed by atoms with Gasteiger partial charge < -0.3 is 19.9 Å². The van der Waals surface area contributed by atoms with Crippen molar-refractivity contribution in [3.8, 4) is 11.1 Å². The van der Waals surface area contributed by atoms with Crippen LogP contribution in [0, 0.1) is 11.6 Å². The summed E-state index contributed by atoms with van der Waals surface area (Å²) in [5.41, 5.74) is -1.41. The van der Waals surface area contributed by atoms with Gasteiger partial charge in [0.25, 0.3) is 11.5 Å². The molecule has 1 amide bonds. The molecule has 0 radical (unpaired) electrons. The number of halogens is 5. The zero-order valence-electron chi connectivity index (χ0n) is 23.8. The highest BCUT2D eigenvalue weighted by Crippen LogP contribution is 2.29. The molecule has 15 heteroatoms. The molecule has 2 heterocycles. The van der Waals surface area contributed by atoms with Crippen LogP contribution in [0.3, 0.4) is 0 Å². The molecule has 10 nitrogen and oxygen atoms in total. The number of aryl methyl sites for hydroxylation is 1. The predicted molar refractivity (Wildman–Crippen MR) is 150 cm³/mol. The summed E-state index contributed by atoms with van der Waals surface area (Å²) in [6.07, 6.45) is -2.08. The number of benzene rings is 2. The van der Waals surface area contributed by atoms with Gasteiger partial charge in [-0.25, -0.2) is 18.4 Å². The summed E-state index contributed by atoms with van der Waals surface area (Å²) >= 11 is 0. The van der Waals surface area contributed by atoms with Gasteiger partial charge in [0.1, 0.15) is 29.3 Å². The Bertz CT molecular complexity index is 1860. The number of nitrogens with one attached hydrogen (secondary N) is 2. The van der Waals surface area contributed by atoms with Gasteiger partial charge in [0, 0.05) is 49.5 Å². The minimum atomic E-state index is -4.69. The number of esters is 1. The Balaban J connectivity index is 1.68. The van der Waals surface area contributed by atoms with E-state index in [9.17, 15) is 41.1 Å². The second-order valence-corrected chi connectivity index (χ2v) is 9.95. The average molecular weight is 620 g/mol. The molecule has 0 saturated carbocycles. The van der Waals surface area contributed by atoms with Crippen molar-refractivity contribution in [3.05, 3.63) is 92.4 Å². The number of hydrogen-bond donors (Lipinski definition) is 2. The average Bonchev–Trinajstić information content (AvgIpc) is 2.96. The van der Waals surface area contributed by atoms with Crippen LogP contribution in [-0.2, 0) is 30.0 Å². The Hall–Kier alpha value is -5.08. The van der Waals surface area contributed by atoms with E-state index >= 15 is 0 Å². The molecule has 4 rings (SSSR count). The van der Waals surface area contributed by atoms with E-state index in [1.165, 1.54) is 31.1 Å². The highest BCUT2D eigenvalue weighted by atomic mass is 19.4. The summed E-state index contributed by atoms with van der Waals surface area (Å²) in [4.78, 5) is 55.1. The maximum Gasteiger partial charge on any atom is 0.408 e. The molecule has 0 aliphatic rings. The number of anilines is 1. The fraction of sp³-hybridized carbons (Fsp3) is 0.276. The number of aromatic nitrogens is 3. The van der Waals surface area contributed by atoms with Crippen LogP contribution in [0.25, 0.3) is 22.0 Å². The second kappa shape index (κ2) is 12.3. The predicted octanol–water partition coefficient (Wildman–Crippen LogP) is 3.45. The molecule has 0 aliphatic heterocycles. The van der Waals surface area contributed by atoms with E-state index in [2.05, 4.69) is 10.3 Å². The van der Waals surface area contributed by atoms with Crippen LogP contribution < -0.4 is 21.9 Å². The maximum absolute atomic E-state index is 14.8. The fourth-order valence-corrected chi connectivity index (χ4v) is 4.61. The van der Waals surface area contributed by atoms with Crippen molar-refractivity contribution in [2.45, 2.75) is 31.6 Å². The van der Waals surface area contributed by atoms with Crippen LogP contribution in [0.2, 0.25) is 0 Å². The summed E-state index contributed by atoms with van der Waals surface area (Å²) < 4.78 is 75.1. The van der Waals surface area contributed by atoms with Crippen LogP contribution in [0.1, 0.15) is 22.8 Å². The van der Waals surface area contributed by atoms with E-state index in [1.807, 2.05) is 5.32 Å². The molecule has 232 valence electrons. The lowest BCUT2D eigenvalue weighted by atomic mass is 9.96. The second-order valence-electron chi connectivity index (χ2n) is 9.95. The monoisotopic (exact) mass is 619 g/mol. The number of alkyl halides is 3. The van der Waals surface area contributed by atoms with Gasteiger partial charge in [0.05, 0.1) is 18.2 Å². The molecule has 4 aromatic rings. The largest absolute Gasteiger partial charge is 0.467 e. The van der Waals surface area contributed by atoms with Crippen molar-refractivity contribution in [2.24, 2.45) is 14.1 Å². The van der Waals surface area contributed by atoms with E-state index in [0.29, 0.717) is 34.2 Å². The van der Waals surface area contributed by atoms with Crippen LogP contribution in [0.5, 0.6) is 0 Å². The van der Waals surface area contributed by atoms with Crippen molar-refractivity contribution in [2.75, 3.05) is 12.4 Å². The Kier molecular flexibility index (Phi) is 8.88. The molecule has 44 heavy (non-hydrogen) atoms. The lowest BCUT2D eigenvalue weighted by Gasteiger charge is -2.20. The fourth-order valence-electron chi connectivity index (χ4n) is 4.61. The first-order valence-electron chi connectivity index (χ1n) is 13.0. The third-order valence-corrected chi connectivity index (χ3v) is 6.95. The summed E-state index contributed by atoms with van der Waals surface area (Å²) in [6, 6.07) is 3.84. The van der Waals surface area contributed by atoms with E-state index in [-0.39, 0.29) is 12.0 Å². The van der Waals surface area contributed by atoms with Crippen molar-refractivity contribution in [1.82, 2.24) is 19.4 Å². The van der Waals surface area contributed by atoms with Crippen LogP contribution in [0.4, 0.5) is 27.6 Å². The molecular formula is C29H26F5N5O5. The first-order chi connectivity index (χ1) is 20.6. The number of hydrogen-bond acceptors (Lipinski definition) is 7. The van der Waals surface area contributed by atoms with E-state index in [0.717, 1.165) is 18.6 Å². The van der Waals surface area contributed by atoms with Gasteiger partial charge in [-0.15, -0.1) is 0 Å². The topological polar surface area (TPSA) is 124 Å². The normalized spacial score (nSPS) is 12.9. The van der Waals surface area contributed by atoms with Crippen molar-refractivity contribution < 1.29 is 36.3 Å². The van der Waals surface area contributed by atoms with Gasteiger partial charge in [-0.05, 0) is 30.7 Å². The first kappa shape index (κ1) is 31.8. The number of ether oxygens (including phenoxy) is 1. The molecule has 0 spiro atoms. The van der Waals surface area contributed by atoms with Crippen molar-refractivity contribution in [3.63, 3.8) is 0 Å². The lowest BCUT2D eigenvalue weighted by molar-refractivity contribution is -0.143. The molecule has 0 saturated heterocycles. The van der Waals surface area contributed by atoms with E-state index < -0.39 is 64.3 Å². The van der Waals surface area contributed by atoms with Gasteiger partial charge in [-0.2, -0.15) is 13.2 Å². The number of fused-ring (bicyclic) bond motifs is 1. The molecule has 2 atom stereocenters. The quantitative estimate of drug-likeness (QED) is 0.229. The molecule has 2 N–H and O–H groups in total. The molecule has 0 bridgehead atoms. The third kappa shape index (κ3) is 6.31. The van der Waals surface area contributed by atoms with Gasteiger partial charge >= 0.3 is 17.8 Å². The summed E-state index contributed by atoms with van der Waals surface area (Å²) in [5.74, 6) is -5.22. The number of methoxy groups -OCH3 is 1. The van der Waals surface area contributed by atoms with Crippen molar-refractivity contribution >= 4 is 28.5 Å². The van der Waals surface area contributed by atoms with E-state index in [4.69, 9.17) is 4.74 Å². The third-order valence-electron chi connectivity index (χ3n) is 6.95. The molecule has 2 aromatic carbocycles. The Labute approximate surface area is 246 Å². The summed E-state index contributed by atoms with van der Waals surface area (Å²) in [6.45, 7) is 0.755. The van der Waals surface area contributed by atoms with Gasteiger partial charge in [-0.3, -0.25) is 19.1 Å². The maximum atomic E-state index is 14.8. The van der Waals surface area contributed by atoms with Gasteiger partial charge in [0.15, 0.2) is 0 Å². The SMILES string of the molecule is COC(=O)[C@H](Cc1ccc(-c2cn(C)c(=O)n(C)c2=O)c2ncccc12)NC(=O)c1c(F)cc(N[C@H](C)C(F)(F)F)cc1F. The van der Waals surface area contributed by atoms with E-state index in [1.54, 1.807) is 24.3 Å². The Morgan fingerprint density at radius 3 is 2.32 bits per heavy atom. The standard InChI is InChI=1S/C29H26F5N5O5/c1-14(29(32,33)34)36-16-11-20(30)23(21(31)12-16)25(40)37-22(27(42)44-4)10-15-7-8-18(24-17(15)6-5-9-35-24)19-13-38(2)28(43)39(3)26(19)41/h5-9,11-14,22,36H,10H2,1-4H3,(H,37,40)/t14-,22+/m1/s1. The van der Waals surface area contributed by atoms with Crippen LogP contribution in [0.15, 0.2) is 58.4 Å². The first-order valence-corrected chi connectivity index (χ1v) is 13.0. The number of rotatable bonds is 8. The number of nitrogens with zero attached hydrogens (tertiary/aromatic N) is 3. The van der Waals surface area contributed by atoms with Crippen molar-refractivity contribution in [1.29, 1.82) is 0 Å². The Morgan fingerprint density at radius 1 is 1.05 bits per heavy atom.